The number of halogens is 1. The van der Waals surface area contributed by atoms with E-state index < -0.39 is 0 Å². The molecule has 0 aliphatic heterocycles. The van der Waals surface area contributed by atoms with Gasteiger partial charge >= 0.3 is 0 Å². The maximum atomic E-state index is 5.64. The SMILES string of the molecule is CCn1cc(CN(C)CCCCCCl)cn1. The van der Waals surface area contributed by atoms with Crippen molar-refractivity contribution in [3.8, 4) is 0 Å². The number of rotatable bonds is 8. The summed E-state index contributed by atoms with van der Waals surface area (Å²) in [5.41, 5.74) is 1.29. The molecule has 0 atom stereocenters. The third-order valence-electron chi connectivity index (χ3n) is 2.64. The van der Waals surface area contributed by atoms with E-state index in [0.717, 1.165) is 31.9 Å². The minimum atomic E-state index is 0.785. The van der Waals surface area contributed by atoms with Crippen LogP contribution < -0.4 is 0 Å². The first-order valence-electron chi connectivity index (χ1n) is 6.02. The van der Waals surface area contributed by atoms with Crippen molar-refractivity contribution in [3.63, 3.8) is 0 Å². The maximum absolute atomic E-state index is 5.64. The number of hydrogen-bond acceptors (Lipinski definition) is 2. The molecule has 0 saturated heterocycles. The van der Waals surface area contributed by atoms with Crippen molar-refractivity contribution < 1.29 is 0 Å². The molecule has 0 aromatic carbocycles. The largest absolute Gasteiger partial charge is 0.302 e. The first-order chi connectivity index (χ1) is 7.76. The number of aryl methyl sites for hydroxylation is 1. The fourth-order valence-corrected chi connectivity index (χ4v) is 1.89. The van der Waals surface area contributed by atoms with E-state index in [-0.39, 0.29) is 0 Å². The van der Waals surface area contributed by atoms with Gasteiger partial charge in [0.2, 0.25) is 0 Å². The maximum Gasteiger partial charge on any atom is 0.0534 e. The van der Waals surface area contributed by atoms with Crippen LogP contribution in [-0.4, -0.2) is 34.2 Å². The lowest BCUT2D eigenvalue weighted by Crippen LogP contribution is -2.18. The summed E-state index contributed by atoms with van der Waals surface area (Å²) in [5.74, 6) is 0.785. The Kier molecular flexibility index (Phi) is 6.50. The van der Waals surface area contributed by atoms with Gasteiger partial charge in [0.15, 0.2) is 0 Å². The molecule has 0 aliphatic rings. The average Bonchev–Trinajstić information content (AvgIpc) is 2.72. The molecule has 0 aliphatic carbocycles. The third kappa shape index (κ3) is 4.99. The highest BCUT2D eigenvalue weighted by Crippen LogP contribution is 2.04. The Balaban J connectivity index is 2.20. The number of alkyl halides is 1. The van der Waals surface area contributed by atoms with Crippen LogP contribution in [0.4, 0.5) is 0 Å². The summed E-state index contributed by atoms with van der Waals surface area (Å²) in [4.78, 5) is 2.34. The predicted molar refractivity (Wildman–Crippen MR) is 68.8 cm³/mol. The molecule has 16 heavy (non-hydrogen) atoms. The van der Waals surface area contributed by atoms with E-state index in [1.807, 2.05) is 10.9 Å². The molecule has 0 bridgehead atoms. The van der Waals surface area contributed by atoms with Gasteiger partial charge < -0.3 is 4.90 Å². The fraction of sp³-hybridized carbons (Fsp3) is 0.750. The molecule has 3 nitrogen and oxygen atoms in total. The van der Waals surface area contributed by atoms with Gasteiger partial charge in [-0.05, 0) is 33.4 Å². The van der Waals surface area contributed by atoms with Crippen molar-refractivity contribution in [2.24, 2.45) is 0 Å². The number of unbranched alkanes of at least 4 members (excludes halogenated alkanes) is 2. The monoisotopic (exact) mass is 243 g/mol. The summed E-state index contributed by atoms with van der Waals surface area (Å²) < 4.78 is 1.97. The molecule has 0 N–H and O–H groups in total. The van der Waals surface area contributed by atoms with Crippen LogP contribution in [-0.2, 0) is 13.1 Å². The fourth-order valence-electron chi connectivity index (χ4n) is 1.70. The van der Waals surface area contributed by atoms with Crippen LogP contribution in [0.3, 0.4) is 0 Å². The minimum absolute atomic E-state index is 0.785. The lowest BCUT2D eigenvalue weighted by Gasteiger charge is -2.14. The zero-order chi connectivity index (χ0) is 11.8. The smallest absolute Gasteiger partial charge is 0.0534 e. The summed E-state index contributed by atoms with van der Waals surface area (Å²) >= 11 is 5.64. The highest BCUT2D eigenvalue weighted by Gasteiger charge is 2.02. The van der Waals surface area contributed by atoms with Gasteiger partial charge in [-0.1, -0.05) is 6.42 Å². The van der Waals surface area contributed by atoms with Crippen LogP contribution in [0.5, 0.6) is 0 Å². The predicted octanol–water partition coefficient (Wildman–Crippen LogP) is 2.74. The molecular weight excluding hydrogens is 222 g/mol. The van der Waals surface area contributed by atoms with Gasteiger partial charge in [0.1, 0.15) is 0 Å². The average molecular weight is 244 g/mol. The lowest BCUT2D eigenvalue weighted by atomic mass is 10.2. The van der Waals surface area contributed by atoms with E-state index in [1.165, 1.54) is 18.4 Å². The van der Waals surface area contributed by atoms with E-state index in [2.05, 4.69) is 30.2 Å². The summed E-state index contributed by atoms with van der Waals surface area (Å²) in [6.45, 7) is 5.17. The Morgan fingerprint density at radius 2 is 2.19 bits per heavy atom. The molecule has 92 valence electrons. The topological polar surface area (TPSA) is 21.1 Å². The minimum Gasteiger partial charge on any atom is -0.302 e. The molecule has 4 heteroatoms. The molecule has 1 rings (SSSR count). The lowest BCUT2D eigenvalue weighted by molar-refractivity contribution is 0.318. The van der Waals surface area contributed by atoms with Gasteiger partial charge in [-0.25, -0.2) is 0 Å². The Labute approximate surface area is 103 Å². The molecule has 0 amide bonds. The summed E-state index contributed by atoms with van der Waals surface area (Å²) in [6.07, 6.45) is 7.66. The number of nitrogens with zero attached hydrogens (tertiary/aromatic N) is 3. The van der Waals surface area contributed by atoms with Crippen molar-refractivity contribution in [2.75, 3.05) is 19.5 Å². The van der Waals surface area contributed by atoms with E-state index in [1.54, 1.807) is 0 Å². The van der Waals surface area contributed by atoms with Crippen molar-refractivity contribution in [1.29, 1.82) is 0 Å². The second kappa shape index (κ2) is 7.69. The summed E-state index contributed by atoms with van der Waals surface area (Å²) in [5, 5.41) is 4.27. The second-order valence-corrected chi connectivity index (χ2v) is 4.57. The van der Waals surface area contributed by atoms with Crippen LogP contribution in [0.25, 0.3) is 0 Å². The van der Waals surface area contributed by atoms with Gasteiger partial charge in [-0.2, -0.15) is 5.10 Å². The molecule has 1 aromatic rings. The van der Waals surface area contributed by atoms with Gasteiger partial charge in [0.05, 0.1) is 6.20 Å². The normalized spacial score (nSPS) is 11.2. The number of aromatic nitrogens is 2. The highest BCUT2D eigenvalue weighted by atomic mass is 35.5. The zero-order valence-corrected chi connectivity index (χ0v) is 11.1. The zero-order valence-electron chi connectivity index (χ0n) is 10.3. The van der Waals surface area contributed by atoms with E-state index in [9.17, 15) is 0 Å². The second-order valence-electron chi connectivity index (χ2n) is 4.19. The van der Waals surface area contributed by atoms with Gasteiger partial charge in [-0.15, -0.1) is 11.6 Å². The Bertz CT molecular complexity index is 286. The highest BCUT2D eigenvalue weighted by molar-refractivity contribution is 6.17. The summed E-state index contributed by atoms with van der Waals surface area (Å²) in [7, 11) is 2.16. The van der Waals surface area contributed by atoms with Gasteiger partial charge in [0, 0.05) is 30.7 Å². The molecular formula is C12H22ClN3. The Morgan fingerprint density at radius 3 is 2.81 bits per heavy atom. The molecule has 1 aromatic heterocycles. The van der Waals surface area contributed by atoms with Gasteiger partial charge in [0.25, 0.3) is 0 Å². The van der Waals surface area contributed by atoms with Crippen LogP contribution in [0, 0.1) is 0 Å². The van der Waals surface area contributed by atoms with Crippen molar-refractivity contribution in [3.05, 3.63) is 18.0 Å². The Morgan fingerprint density at radius 1 is 1.38 bits per heavy atom. The van der Waals surface area contributed by atoms with E-state index >= 15 is 0 Å². The molecule has 0 saturated carbocycles. The molecule has 0 unspecified atom stereocenters. The summed E-state index contributed by atoms with van der Waals surface area (Å²) in [6, 6.07) is 0. The van der Waals surface area contributed by atoms with Crippen molar-refractivity contribution >= 4 is 11.6 Å². The van der Waals surface area contributed by atoms with Crippen LogP contribution in [0.2, 0.25) is 0 Å². The number of hydrogen-bond donors (Lipinski definition) is 0. The van der Waals surface area contributed by atoms with E-state index in [4.69, 9.17) is 11.6 Å². The van der Waals surface area contributed by atoms with Crippen LogP contribution in [0.15, 0.2) is 12.4 Å². The third-order valence-corrected chi connectivity index (χ3v) is 2.90. The molecule has 0 fully saturated rings. The van der Waals surface area contributed by atoms with Crippen LogP contribution >= 0.6 is 11.6 Å². The first kappa shape index (κ1) is 13.5. The van der Waals surface area contributed by atoms with Crippen molar-refractivity contribution in [1.82, 2.24) is 14.7 Å². The van der Waals surface area contributed by atoms with Crippen molar-refractivity contribution in [2.45, 2.75) is 39.3 Å². The van der Waals surface area contributed by atoms with Crippen LogP contribution in [0.1, 0.15) is 31.7 Å². The molecule has 0 spiro atoms. The van der Waals surface area contributed by atoms with E-state index in [0.29, 0.717) is 0 Å². The molecule has 0 radical (unpaired) electrons. The molecule has 1 heterocycles. The van der Waals surface area contributed by atoms with Gasteiger partial charge in [-0.3, -0.25) is 4.68 Å². The first-order valence-corrected chi connectivity index (χ1v) is 6.55. The quantitative estimate of drug-likeness (QED) is 0.517. The standard InChI is InChI=1S/C12H22ClN3/c1-3-16-11-12(9-14-16)10-15(2)8-6-4-5-7-13/h9,11H,3-8,10H2,1-2H3. The Hall–Kier alpha value is -0.540.